The summed E-state index contributed by atoms with van der Waals surface area (Å²) in [5.74, 6) is 3.09. The second kappa shape index (κ2) is 4.92. The van der Waals surface area contributed by atoms with Crippen molar-refractivity contribution in [3.05, 3.63) is 16.5 Å². The van der Waals surface area contributed by atoms with Gasteiger partial charge in [-0.3, -0.25) is 0 Å². The molecule has 0 N–H and O–H groups in total. The van der Waals surface area contributed by atoms with Crippen LogP contribution < -0.4 is 4.90 Å². The van der Waals surface area contributed by atoms with Gasteiger partial charge in [0.25, 0.3) is 0 Å². The summed E-state index contributed by atoms with van der Waals surface area (Å²) in [5.41, 5.74) is 0. The van der Waals surface area contributed by atoms with Crippen LogP contribution in [0, 0.1) is 5.92 Å². The maximum absolute atomic E-state index is 4.68. The lowest BCUT2D eigenvalue weighted by atomic mass is 10.1. The van der Waals surface area contributed by atoms with Gasteiger partial charge in [-0.05, 0) is 35.2 Å². The molecule has 0 radical (unpaired) electrons. The van der Waals surface area contributed by atoms with Crippen LogP contribution >= 0.6 is 15.9 Å². The van der Waals surface area contributed by atoms with Gasteiger partial charge in [0.1, 0.15) is 16.2 Å². The SMILES string of the molecule is CC1CC(C)N(c2cc(Br)nc(C(C)C)n2)C1. The van der Waals surface area contributed by atoms with E-state index >= 15 is 0 Å². The zero-order valence-electron chi connectivity index (χ0n) is 10.9. The van der Waals surface area contributed by atoms with Crippen LogP contribution in [0.1, 0.15) is 45.9 Å². The van der Waals surface area contributed by atoms with Crippen molar-refractivity contribution < 1.29 is 0 Å². The summed E-state index contributed by atoms with van der Waals surface area (Å²) in [6.07, 6.45) is 1.25. The summed E-state index contributed by atoms with van der Waals surface area (Å²) in [4.78, 5) is 11.5. The standard InChI is InChI=1S/C13H20BrN3/c1-8(2)13-15-11(14)6-12(16-13)17-7-9(3)5-10(17)4/h6,8-10H,5,7H2,1-4H3. The number of anilines is 1. The van der Waals surface area contributed by atoms with Gasteiger partial charge in [-0.1, -0.05) is 20.8 Å². The number of aromatic nitrogens is 2. The number of hydrogen-bond donors (Lipinski definition) is 0. The first-order valence-corrected chi connectivity index (χ1v) is 7.07. The van der Waals surface area contributed by atoms with Crippen molar-refractivity contribution in [2.24, 2.45) is 5.92 Å². The lowest BCUT2D eigenvalue weighted by molar-refractivity contribution is 0.625. The van der Waals surface area contributed by atoms with Crippen LogP contribution in [-0.2, 0) is 0 Å². The third-order valence-corrected chi connectivity index (χ3v) is 3.70. The summed E-state index contributed by atoms with van der Waals surface area (Å²) >= 11 is 3.49. The Morgan fingerprint density at radius 1 is 1.35 bits per heavy atom. The molecule has 3 nitrogen and oxygen atoms in total. The van der Waals surface area contributed by atoms with Crippen LogP contribution in [0.2, 0.25) is 0 Å². The van der Waals surface area contributed by atoms with Crippen LogP contribution in [-0.4, -0.2) is 22.6 Å². The summed E-state index contributed by atoms with van der Waals surface area (Å²) in [6, 6.07) is 2.60. The largest absolute Gasteiger partial charge is 0.353 e. The number of nitrogens with zero attached hydrogens (tertiary/aromatic N) is 3. The minimum atomic E-state index is 0.363. The fraction of sp³-hybridized carbons (Fsp3) is 0.692. The summed E-state index contributed by atoms with van der Waals surface area (Å²) in [6.45, 7) is 9.93. The minimum absolute atomic E-state index is 0.363. The second-order valence-corrected chi connectivity index (χ2v) is 6.22. The molecule has 1 aromatic rings. The topological polar surface area (TPSA) is 29.0 Å². The van der Waals surface area contributed by atoms with Crippen molar-refractivity contribution in [2.75, 3.05) is 11.4 Å². The predicted molar refractivity (Wildman–Crippen MR) is 74.4 cm³/mol. The molecule has 2 rings (SSSR count). The van der Waals surface area contributed by atoms with E-state index in [9.17, 15) is 0 Å². The van der Waals surface area contributed by atoms with Crippen molar-refractivity contribution in [1.29, 1.82) is 0 Å². The molecule has 94 valence electrons. The summed E-state index contributed by atoms with van der Waals surface area (Å²) in [5, 5.41) is 0. The van der Waals surface area contributed by atoms with E-state index in [1.54, 1.807) is 0 Å². The van der Waals surface area contributed by atoms with Gasteiger partial charge in [-0.25, -0.2) is 9.97 Å². The number of hydrogen-bond acceptors (Lipinski definition) is 3. The van der Waals surface area contributed by atoms with E-state index in [1.165, 1.54) is 6.42 Å². The molecule has 0 aliphatic carbocycles. The van der Waals surface area contributed by atoms with Crippen molar-refractivity contribution in [1.82, 2.24) is 9.97 Å². The van der Waals surface area contributed by atoms with E-state index in [2.05, 4.69) is 58.5 Å². The summed E-state index contributed by atoms with van der Waals surface area (Å²) < 4.78 is 0.887. The van der Waals surface area contributed by atoms with Gasteiger partial charge in [0.15, 0.2) is 0 Å². The molecular weight excluding hydrogens is 278 g/mol. The predicted octanol–water partition coefficient (Wildman–Crippen LogP) is 3.60. The molecule has 0 amide bonds. The molecule has 4 heteroatoms. The average molecular weight is 298 g/mol. The lowest BCUT2D eigenvalue weighted by Crippen LogP contribution is -2.28. The third-order valence-electron chi connectivity index (χ3n) is 3.29. The van der Waals surface area contributed by atoms with Crippen LogP contribution in [0.25, 0.3) is 0 Å². The Balaban J connectivity index is 2.32. The smallest absolute Gasteiger partial charge is 0.134 e. The molecule has 1 aliphatic rings. The zero-order valence-corrected chi connectivity index (χ0v) is 12.5. The lowest BCUT2D eigenvalue weighted by Gasteiger charge is -2.23. The highest BCUT2D eigenvalue weighted by Gasteiger charge is 2.27. The molecule has 2 atom stereocenters. The highest BCUT2D eigenvalue weighted by atomic mass is 79.9. The minimum Gasteiger partial charge on any atom is -0.353 e. The second-order valence-electron chi connectivity index (χ2n) is 5.40. The molecule has 2 unspecified atom stereocenters. The number of halogens is 1. The van der Waals surface area contributed by atoms with Crippen LogP contribution in [0.4, 0.5) is 5.82 Å². The van der Waals surface area contributed by atoms with Crippen molar-refractivity contribution in [3.8, 4) is 0 Å². The highest BCUT2D eigenvalue weighted by molar-refractivity contribution is 9.10. The quantitative estimate of drug-likeness (QED) is 0.781. The van der Waals surface area contributed by atoms with Gasteiger partial charge in [0.05, 0.1) is 0 Å². The Hall–Kier alpha value is -0.640. The van der Waals surface area contributed by atoms with Gasteiger partial charge in [-0.15, -0.1) is 0 Å². The van der Waals surface area contributed by atoms with Gasteiger partial charge in [0, 0.05) is 24.6 Å². The number of rotatable bonds is 2. The Labute approximate surface area is 112 Å². The molecule has 1 aromatic heterocycles. The molecule has 0 aromatic carbocycles. The average Bonchev–Trinajstić information content (AvgIpc) is 2.57. The Morgan fingerprint density at radius 3 is 2.59 bits per heavy atom. The van der Waals surface area contributed by atoms with E-state index in [0.717, 1.165) is 28.7 Å². The van der Waals surface area contributed by atoms with E-state index in [1.807, 2.05) is 6.07 Å². The van der Waals surface area contributed by atoms with Crippen molar-refractivity contribution in [3.63, 3.8) is 0 Å². The van der Waals surface area contributed by atoms with E-state index < -0.39 is 0 Å². The van der Waals surface area contributed by atoms with Gasteiger partial charge in [-0.2, -0.15) is 0 Å². The monoisotopic (exact) mass is 297 g/mol. The molecule has 0 spiro atoms. The maximum atomic E-state index is 4.68. The van der Waals surface area contributed by atoms with Gasteiger partial charge in [0.2, 0.25) is 0 Å². The normalized spacial score (nSPS) is 24.7. The Kier molecular flexibility index (Phi) is 3.71. The molecule has 17 heavy (non-hydrogen) atoms. The molecule has 1 saturated heterocycles. The fourth-order valence-corrected chi connectivity index (χ4v) is 2.83. The first kappa shape index (κ1) is 12.8. The van der Waals surface area contributed by atoms with Crippen LogP contribution in [0.3, 0.4) is 0 Å². The van der Waals surface area contributed by atoms with Gasteiger partial charge >= 0.3 is 0 Å². The van der Waals surface area contributed by atoms with Crippen LogP contribution in [0.5, 0.6) is 0 Å². The Morgan fingerprint density at radius 2 is 2.06 bits per heavy atom. The molecule has 0 saturated carbocycles. The maximum Gasteiger partial charge on any atom is 0.134 e. The van der Waals surface area contributed by atoms with E-state index in [-0.39, 0.29) is 0 Å². The molecule has 1 aliphatic heterocycles. The Bertz CT molecular complexity index is 406. The fourth-order valence-electron chi connectivity index (χ4n) is 2.45. The molecular formula is C13H20BrN3. The first-order valence-electron chi connectivity index (χ1n) is 6.28. The molecule has 0 bridgehead atoms. The first-order chi connectivity index (χ1) is 7.97. The van der Waals surface area contributed by atoms with E-state index in [4.69, 9.17) is 0 Å². The third kappa shape index (κ3) is 2.79. The van der Waals surface area contributed by atoms with Crippen molar-refractivity contribution in [2.45, 2.75) is 46.1 Å². The zero-order chi connectivity index (χ0) is 12.6. The van der Waals surface area contributed by atoms with Crippen LogP contribution in [0.15, 0.2) is 10.7 Å². The van der Waals surface area contributed by atoms with Gasteiger partial charge < -0.3 is 4.90 Å². The molecule has 1 fully saturated rings. The van der Waals surface area contributed by atoms with E-state index in [0.29, 0.717) is 12.0 Å². The summed E-state index contributed by atoms with van der Waals surface area (Å²) in [7, 11) is 0. The van der Waals surface area contributed by atoms with Crippen molar-refractivity contribution >= 4 is 21.7 Å². The molecule has 2 heterocycles. The highest BCUT2D eigenvalue weighted by Crippen LogP contribution is 2.29.